The van der Waals surface area contributed by atoms with E-state index < -0.39 is 17.0 Å². The highest BCUT2D eigenvalue weighted by atomic mass is 79.9. The minimum atomic E-state index is -0.615. The number of rotatable bonds is 5. The average Bonchev–Trinajstić information content (AvgIpc) is 2.81. The van der Waals surface area contributed by atoms with E-state index in [0.717, 1.165) is 5.56 Å². The van der Waals surface area contributed by atoms with Gasteiger partial charge in [0.25, 0.3) is 0 Å². The third-order valence-electron chi connectivity index (χ3n) is 3.69. The second-order valence-electron chi connectivity index (χ2n) is 5.67. The zero-order valence-corrected chi connectivity index (χ0v) is 15.7. The molecular weight excluding hydrogens is 408 g/mol. The van der Waals surface area contributed by atoms with Gasteiger partial charge in [-0.2, -0.15) is 0 Å². The first kappa shape index (κ1) is 18.6. The van der Waals surface area contributed by atoms with Crippen molar-refractivity contribution in [3.8, 4) is 17.2 Å². The van der Waals surface area contributed by atoms with E-state index in [0.29, 0.717) is 16.0 Å². The Bertz CT molecular complexity index is 1060. The van der Waals surface area contributed by atoms with Crippen LogP contribution in [0.1, 0.15) is 15.9 Å². The van der Waals surface area contributed by atoms with Gasteiger partial charge in [0, 0.05) is 4.47 Å². The van der Waals surface area contributed by atoms with Crippen LogP contribution in [0.4, 0.5) is 0 Å². The maximum Gasteiger partial charge on any atom is 0.220 e. The van der Waals surface area contributed by atoms with Crippen molar-refractivity contribution in [2.45, 2.75) is 0 Å². The van der Waals surface area contributed by atoms with E-state index in [9.17, 15) is 14.7 Å². The largest absolute Gasteiger partial charge is 0.504 e. The molecule has 134 valence electrons. The molecule has 3 rings (SSSR count). The highest BCUT2D eigenvalue weighted by Crippen LogP contribution is 2.23. The van der Waals surface area contributed by atoms with Crippen molar-refractivity contribution in [2.75, 3.05) is 0 Å². The quantitative estimate of drug-likeness (QED) is 0.453. The fourth-order valence-electron chi connectivity index (χ4n) is 2.38. The minimum Gasteiger partial charge on any atom is -0.504 e. The number of halogens is 1. The Labute approximate surface area is 164 Å². The number of carbonyl (C=O) groups is 1. The molecule has 4 nitrogen and oxygen atoms in total. The van der Waals surface area contributed by atoms with Crippen LogP contribution in [0.15, 0.2) is 88.1 Å². The standard InChI is InChI=1S/C22H15BrO4/c23-16-10-12-21(25)22(26)19(14-16)20(24)11-9-15-5-4-8-18(13-15)27-17-6-2-1-3-7-17/h1-14H,(H,25,26)/b11-9+. The van der Waals surface area contributed by atoms with Crippen LogP contribution in [-0.2, 0) is 0 Å². The van der Waals surface area contributed by atoms with Gasteiger partial charge in [0.15, 0.2) is 11.5 Å². The monoisotopic (exact) mass is 422 g/mol. The molecule has 0 saturated heterocycles. The summed E-state index contributed by atoms with van der Waals surface area (Å²) >= 11 is 3.22. The zero-order valence-electron chi connectivity index (χ0n) is 14.1. The number of benzene rings is 2. The third kappa shape index (κ3) is 4.92. The van der Waals surface area contributed by atoms with Crippen molar-refractivity contribution in [3.05, 3.63) is 105 Å². The molecule has 0 atom stereocenters. The lowest BCUT2D eigenvalue weighted by Gasteiger charge is -2.05. The van der Waals surface area contributed by atoms with Crippen LogP contribution >= 0.6 is 15.9 Å². The molecule has 0 amide bonds. The predicted octanol–water partition coefficient (Wildman–Crippen LogP) is 5.20. The molecule has 0 aromatic heterocycles. The van der Waals surface area contributed by atoms with Gasteiger partial charge in [-0.3, -0.25) is 9.59 Å². The van der Waals surface area contributed by atoms with Gasteiger partial charge >= 0.3 is 0 Å². The molecule has 0 heterocycles. The summed E-state index contributed by atoms with van der Waals surface area (Å²) in [6, 6.07) is 20.7. The van der Waals surface area contributed by atoms with E-state index in [1.807, 2.05) is 48.5 Å². The predicted molar refractivity (Wildman–Crippen MR) is 108 cm³/mol. The number of carbonyl (C=O) groups excluding carboxylic acids is 1. The first-order valence-corrected chi connectivity index (χ1v) is 8.90. The van der Waals surface area contributed by atoms with Gasteiger partial charge in [0.2, 0.25) is 5.43 Å². The van der Waals surface area contributed by atoms with Gasteiger partial charge < -0.3 is 9.84 Å². The highest BCUT2D eigenvalue weighted by Gasteiger charge is 2.11. The first-order chi connectivity index (χ1) is 13.0. The van der Waals surface area contributed by atoms with Crippen LogP contribution in [0.3, 0.4) is 0 Å². The SMILES string of the molecule is O=C(/C=C/c1cccc(Oc2ccccc2)c1)c1cc(Br)ccc(=O)c1O. The Balaban J connectivity index is 1.83. The minimum absolute atomic E-state index is 0.0650. The number of hydrogen-bond donors (Lipinski definition) is 1. The average molecular weight is 423 g/mol. The number of allylic oxidation sites excluding steroid dienone is 1. The molecule has 0 radical (unpaired) electrons. The van der Waals surface area contributed by atoms with Crippen LogP contribution in [0.2, 0.25) is 0 Å². The maximum absolute atomic E-state index is 12.4. The molecule has 0 spiro atoms. The Morgan fingerprint density at radius 3 is 2.44 bits per heavy atom. The van der Waals surface area contributed by atoms with E-state index in [2.05, 4.69) is 15.9 Å². The number of aromatic hydroxyl groups is 1. The molecule has 0 bridgehead atoms. The summed E-state index contributed by atoms with van der Waals surface area (Å²) in [5.41, 5.74) is 0.0681. The number of hydrogen-bond acceptors (Lipinski definition) is 4. The fraction of sp³-hybridized carbons (Fsp3) is 0. The van der Waals surface area contributed by atoms with E-state index >= 15 is 0 Å². The summed E-state index contributed by atoms with van der Waals surface area (Å²) < 4.78 is 6.29. The first-order valence-electron chi connectivity index (χ1n) is 8.11. The summed E-state index contributed by atoms with van der Waals surface area (Å²) in [7, 11) is 0. The Kier molecular flexibility index (Phi) is 5.84. The Morgan fingerprint density at radius 2 is 1.67 bits per heavy atom. The van der Waals surface area contributed by atoms with Gasteiger partial charge in [-0.05, 0) is 54.1 Å². The molecule has 0 aliphatic carbocycles. The van der Waals surface area contributed by atoms with Gasteiger partial charge in [-0.25, -0.2) is 0 Å². The topological polar surface area (TPSA) is 63.6 Å². The van der Waals surface area contributed by atoms with Crippen molar-refractivity contribution < 1.29 is 14.6 Å². The van der Waals surface area contributed by atoms with Crippen molar-refractivity contribution >= 4 is 27.8 Å². The molecule has 0 fully saturated rings. The van der Waals surface area contributed by atoms with Gasteiger partial charge in [0.1, 0.15) is 11.5 Å². The summed E-state index contributed by atoms with van der Waals surface area (Å²) in [4.78, 5) is 24.1. The third-order valence-corrected chi connectivity index (χ3v) is 4.19. The Morgan fingerprint density at radius 1 is 0.926 bits per heavy atom. The normalized spacial score (nSPS) is 10.7. The summed E-state index contributed by atoms with van der Waals surface area (Å²) in [5, 5.41) is 9.95. The number of ether oxygens (including phenoxy) is 1. The lowest BCUT2D eigenvalue weighted by atomic mass is 10.1. The van der Waals surface area contributed by atoms with Crippen LogP contribution in [0, 0.1) is 0 Å². The van der Waals surface area contributed by atoms with Crippen LogP contribution in [0.25, 0.3) is 6.08 Å². The highest BCUT2D eigenvalue weighted by molar-refractivity contribution is 9.10. The molecule has 0 aliphatic heterocycles. The van der Waals surface area contributed by atoms with Gasteiger partial charge in [0.05, 0.1) is 5.56 Å². The van der Waals surface area contributed by atoms with Crippen LogP contribution < -0.4 is 10.2 Å². The van der Waals surface area contributed by atoms with Crippen LogP contribution in [-0.4, -0.2) is 10.9 Å². The molecule has 0 unspecified atom stereocenters. The maximum atomic E-state index is 12.4. The lowest BCUT2D eigenvalue weighted by molar-refractivity contribution is 0.104. The fourth-order valence-corrected chi connectivity index (χ4v) is 2.74. The lowest BCUT2D eigenvalue weighted by Crippen LogP contribution is -2.01. The second-order valence-corrected chi connectivity index (χ2v) is 6.59. The van der Waals surface area contributed by atoms with Gasteiger partial charge in [-0.15, -0.1) is 0 Å². The van der Waals surface area contributed by atoms with Crippen LogP contribution in [0.5, 0.6) is 17.2 Å². The molecule has 3 aromatic carbocycles. The summed E-state index contributed by atoms with van der Waals surface area (Å²) in [6.45, 7) is 0. The van der Waals surface area contributed by atoms with Crippen molar-refractivity contribution in [1.29, 1.82) is 0 Å². The molecule has 27 heavy (non-hydrogen) atoms. The van der Waals surface area contributed by atoms with E-state index in [-0.39, 0.29) is 5.56 Å². The molecule has 3 aromatic rings. The molecular formula is C22H15BrO4. The number of para-hydroxylation sites is 1. The summed E-state index contributed by atoms with van der Waals surface area (Å²) in [6.07, 6.45) is 2.91. The van der Waals surface area contributed by atoms with Crippen molar-refractivity contribution in [1.82, 2.24) is 0 Å². The number of ketones is 1. The summed E-state index contributed by atoms with van der Waals surface area (Å²) in [5.74, 6) is 0.297. The molecule has 1 N–H and O–H groups in total. The Hall–Kier alpha value is -3.18. The molecule has 0 saturated carbocycles. The zero-order chi connectivity index (χ0) is 19.2. The second kappa shape index (κ2) is 8.47. The van der Waals surface area contributed by atoms with Crippen molar-refractivity contribution in [2.24, 2.45) is 0 Å². The van der Waals surface area contributed by atoms with E-state index in [4.69, 9.17) is 4.74 Å². The van der Waals surface area contributed by atoms with Crippen molar-refractivity contribution in [3.63, 3.8) is 0 Å². The smallest absolute Gasteiger partial charge is 0.220 e. The molecule has 0 aliphatic rings. The van der Waals surface area contributed by atoms with Gasteiger partial charge in [-0.1, -0.05) is 52.3 Å². The van der Waals surface area contributed by atoms with E-state index in [1.54, 1.807) is 12.1 Å². The van der Waals surface area contributed by atoms with E-state index in [1.165, 1.54) is 24.3 Å². The molecule has 5 heteroatoms.